The molecule has 24 heavy (non-hydrogen) atoms. The molecule has 1 aromatic carbocycles. The Morgan fingerprint density at radius 1 is 1.08 bits per heavy atom. The molecule has 1 atom stereocenters. The lowest BCUT2D eigenvalue weighted by Gasteiger charge is -2.16. The third-order valence-electron chi connectivity index (χ3n) is 4.85. The van der Waals surface area contributed by atoms with E-state index in [1.807, 2.05) is 44.2 Å². The van der Waals surface area contributed by atoms with Gasteiger partial charge in [-0.05, 0) is 49.3 Å². The molecule has 0 fully saturated rings. The number of hydrogen-bond donors (Lipinski definition) is 1. The topological polar surface area (TPSA) is 49.9 Å². The van der Waals surface area contributed by atoms with Crippen molar-refractivity contribution in [2.24, 2.45) is 5.92 Å². The highest BCUT2D eigenvalue weighted by atomic mass is 16.1. The predicted octanol–water partition coefficient (Wildman–Crippen LogP) is 4.57. The van der Waals surface area contributed by atoms with Gasteiger partial charge >= 0.3 is 0 Å². The summed E-state index contributed by atoms with van der Waals surface area (Å²) in [5.41, 5.74) is 4.40. The first-order valence-electron chi connectivity index (χ1n) is 8.62. The number of ketones is 1. The molecule has 0 amide bonds. The molecule has 128 valence electrons. The maximum atomic E-state index is 12.4. The van der Waals surface area contributed by atoms with Gasteiger partial charge in [-0.25, -0.2) is 0 Å². The van der Waals surface area contributed by atoms with Gasteiger partial charge in [0, 0.05) is 23.2 Å². The van der Waals surface area contributed by atoms with Crippen LogP contribution < -0.4 is 5.56 Å². The first-order valence-corrected chi connectivity index (χ1v) is 8.62. The molecule has 0 saturated heterocycles. The molecule has 0 aliphatic carbocycles. The number of benzene rings is 1. The van der Waals surface area contributed by atoms with Gasteiger partial charge in [0.15, 0.2) is 5.78 Å². The number of aryl methyl sites for hydroxylation is 2. The number of rotatable bonds is 6. The number of aromatic nitrogens is 1. The number of carbonyl (C=O) groups is 1. The third-order valence-corrected chi connectivity index (χ3v) is 4.85. The van der Waals surface area contributed by atoms with Gasteiger partial charge in [0.2, 0.25) is 0 Å². The van der Waals surface area contributed by atoms with Crippen LogP contribution in [-0.4, -0.2) is 10.8 Å². The first-order chi connectivity index (χ1) is 11.3. The highest BCUT2D eigenvalue weighted by Crippen LogP contribution is 2.24. The minimum Gasteiger partial charge on any atom is -0.326 e. The van der Waals surface area contributed by atoms with Gasteiger partial charge in [-0.15, -0.1) is 0 Å². The van der Waals surface area contributed by atoms with Gasteiger partial charge in [0.25, 0.3) is 5.56 Å². The van der Waals surface area contributed by atoms with Crippen molar-refractivity contribution in [2.75, 3.05) is 0 Å². The van der Waals surface area contributed by atoms with E-state index < -0.39 is 0 Å². The molecule has 2 rings (SSSR count). The van der Waals surface area contributed by atoms with E-state index in [4.69, 9.17) is 0 Å². The van der Waals surface area contributed by atoms with Crippen LogP contribution in [-0.2, 0) is 6.42 Å². The van der Waals surface area contributed by atoms with Crippen molar-refractivity contribution in [1.29, 1.82) is 0 Å². The van der Waals surface area contributed by atoms with Crippen molar-refractivity contribution >= 4 is 5.78 Å². The lowest BCUT2D eigenvalue weighted by molar-refractivity contribution is 0.0982. The van der Waals surface area contributed by atoms with Gasteiger partial charge < -0.3 is 4.98 Å². The normalized spacial score (nSPS) is 12.4. The molecule has 0 radical (unpaired) electrons. The molecular weight excluding hydrogens is 298 g/mol. The van der Waals surface area contributed by atoms with Crippen molar-refractivity contribution in [2.45, 2.75) is 53.4 Å². The lowest BCUT2D eigenvalue weighted by Crippen LogP contribution is -2.17. The second-order valence-corrected chi connectivity index (χ2v) is 7.02. The largest absolute Gasteiger partial charge is 0.326 e. The Kier molecular flexibility index (Phi) is 5.76. The number of hydrogen-bond acceptors (Lipinski definition) is 2. The van der Waals surface area contributed by atoms with Crippen molar-refractivity contribution in [3.8, 4) is 0 Å². The van der Waals surface area contributed by atoms with Crippen molar-refractivity contribution in [3.05, 3.63) is 68.6 Å². The maximum Gasteiger partial charge on any atom is 0.251 e. The quantitative estimate of drug-likeness (QED) is 0.791. The number of carbonyl (C=O) groups excluding carboxylic acids is 1. The number of aromatic amines is 1. The van der Waals surface area contributed by atoms with Crippen LogP contribution in [0, 0.1) is 19.8 Å². The van der Waals surface area contributed by atoms with Crippen molar-refractivity contribution in [3.63, 3.8) is 0 Å². The molecule has 3 nitrogen and oxygen atoms in total. The Bertz CT molecular complexity index is 769. The molecule has 3 heteroatoms. The number of pyridine rings is 1. The molecule has 1 unspecified atom stereocenters. The zero-order valence-corrected chi connectivity index (χ0v) is 15.3. The number of nitrogens with one attached hydrogen (secondary N) is 1. The van der Waals surface area contributed by atoms with Crippen molar-refractivity contribution in [1.82, 2.24) is 4.98 Å². The molecule has 1 N–H and O–H groups in total. The molecule has 0 aliphatic rings. The van der Waals surface area contributed by atoms with Gasteiger partial charge in [0.05, 0.1) is 0 Å². The van der Waals surface area contributed by atoms with E-state index in [0.29, 0.717) is 30.2 Å². The predicted molar refractivity (Wildman–Crippen MR) is 98.9 cm³/mol. The van der Waals surface area contributed by atoms with Gasteiger partial charge in [-0.1, -0.05) is 45.0 Å². The van der Waals surface area contributed by atoms with E-state index in [0.717, 1.165) is 16.8 Å². The smallest absolute Gasteiger partial charge is 0.251 e. The maximum absolute atomic E-state index is 12.4. The SMILES string of the molecule is Cc1cc(C)c(CCC(=O)c2ccc(C(C)C(C)C)cc2)c(=O)[nH]1. The highest BCUT2D eigenvalue weighted by molar-refractivity contribution is 5.96. The Hall–Kier alpha value is -2.16. The van der Waals surface area contributed by atoms with E-state index in [9.17, 15) is 9.59 Å². The molecule has 1 aromatic heterocycles. The van der Waals surface area contributed by atoms with Gasteiger partial charge in [-0.2, -0.15) is 0 Å². The zero-order chi connectivity index (χ0) is 17.9. The summed E-state index contributed by atoms with van der Waals surface area (Å²) in [7, 11) is 0. The summed E-state index contributed by atoms with van der Waals surface area (Å²) >= 11 is 0. The fraction of sp³-hybridized carbons (Fsp3) is 0.429. The molecule has 0 aliphatic heterocycles. The minimum atomic E-state index is -0.0820. The molecule has 1 heterocycles. The van der Waals surface area contributed by atoms with Crippen LogP contribution in [0.3, 0.4) is 0 Å². The van der Waals surface area contributed by atoms with Crippen LogP contribution in [0.1, 0.15) is 65.9 Å². The second-order valence-electron chi connectivity index (χ2n) is 7.02. The van der Waals surface area contributed by atoms with Crippen molar-refractivity contribution < 1.29 is 4.79 Å². The lowest BCUT2D eigenvalue weighted by atomic mass is 9.89. The average Bonchev–Trinajstić information content (AvgIpc) is 2.53. The minimum absolute atomic E-state index is 0.0816. The summed E-state index contributed by atoms with van der Waals surface area (Å²) in [6, 6.07) is 9.85. The van der Waals surface area contributed by atoms with E-state index in [-0.39, 0.29) is 11.3 Å². The fourth-order valence-corrected chi connectivity index (χ4v) is 2.93. The van der Waals surface area contributed by atoms with E-state index in [2.05, 4.69) is 25.8 Å². The summed E-state index contributed by atoms with van der Waals surface area (Å²) in [5.74, 6) is 1.13. The van der Waals surface area contributed by atoms with E-state index >= 15 is 0 Å². The Morgan fingerprint density at radius 3 is 2.25 bits per heavy atom. The second kappa shape index (κ2) is 7.61. The van der Waals surface area contributed by atoms with Crippen LogP contribution in [0.25, 0.3) is 0 Å². The van der Waals surface area contributed by atoms with Gasteiger partial charge in [-0.3, -0.25) is 9.59 Å². The monoisotopic (exact) mass is 325 g/mol. The van der Waals surface area contributed by atoms with Gasteiger partial charge in [0.1, 0.15) is 0 Å². The fourth-order valence-electron chi connectivity index (χ4n) is 2.93. The highest BCUT2D eigenvalue weighted by Gasteiger charge is 2.13. The summed E-state index contributed by atoms with van der Waals surface area (Å²) in [5, 5.41) is 0. The summed E-state index contributed by atoms with van der Waals surface area (Å²) in [4.78, 5) is 27.2. The van der Waals surface area contributed by atoms with E-state index in [1.54, 1.807) is 0 Å². The van der Waals surface area contributed by atoms with Crippen LogP contribution in [0.2, 0.25) is 0 Å². The van der Waals surface area contributed by atoms with E-state index in [1.165, 1.54) is 5.56 Å². The number of Topliss-reactive ketones (excluding diaryl/α,β-unsaturated/α-hetero) is 1. The standard InChI is InChI=1S/C21H27NO2/c1-13(2)16(5)17-6-8-18(9-7-17)20(23)11-10-19-14(3)12-15(4)22-21(19)24/h6-9,12-13,16H,10-11H2,1-5H3,(H,22,24). The summed E-state index contributed by atoms with van der Waals surface area (Å²) in [6.07, 6.45) is 0.830. The molecule has 0 spiro atoms. The van der Waals surface area contributed by atoms with Crippen LogP contribution >= 0.6 is 0 Å². The summed E-state index contributed by atoms with van der Waals surface area (Å²) < 4.78 is 0. The molecule has 2 aromatic rings. The third kappa shape index (κ3) is 4.22. The Morgan fingerprint density at radius 2 is 1.71 bits per heavy atom. The molecule has 0 saturated carbocycles. The van der Waals surface area contributed by atoms with Crippen LogP contribution in [0.15, 0.2) is 35.1 Å². The molecular formula is C21H27NO2. The zero-order valence-electron chi connectivity index (χ0n) is 15.3. The Labute approximate surface area is 144 Å². The molecule has 0 bridgehead atoms. The Balaban J connectivity index is 2.07. The van der Waals surface area contributed by atoms with Crippen LogP contribution in [0.4, 0.5) is 0 Å². The van der Waals surface area contributed by atoms with Crippen LogP contribution in [0.5, 0.6) is 0 Å². The average molecular weight is 325 g/mol. The summed E-state index contributed by atoms with van der Waals surface area (Å²) in [6.45, 7) is 10.4. The number of H-pyrrole nitrogens is 1. The first kappa shape index (κ1) is 18.2.